The Kier molecular flexibility index (Phi) is 13.2. The van der Waals surface area contributed by atoms with Crippen molar-refractivity contribution >= 4 is 61.1 Å². The van der Waals surface area contributed by atoms with Crippen LogP contribution in [0.3, 0.4) is 0 Å². The summed E-state index contributed by atoms with van der Waals surface area (Å²) in [6.45, 7) is 8.35. The van der Waals surface area contributed by atoms with Crippen LogP contribution in [0.25, 0.3) is 16.5 Å². The maximum atomic E-state index is 13.9. The Morgan fingerprint density at radius 2 is 1.82 bits per heavy atom. The molecule has 1 aromatic heterocycles. The molecule has 2 heterocycles. The minimum atomic E-state index is -4.54. The Balaban J connectivity index is 1.07. The highest BCUT2D eigenvalue weighted by molar-refractivity contribution is 7.90. The van der Waals surface area contributed by atoms with Crippen LogP contribution >= 0.6 is 11.6 Å². The summed E-state index contributed by atoms with van der Waals surface area (Å²) in [5.74, 6) is -0.157. The zero-order chi connectivity index (χ0) is 42.5. The fourth-order valence-corrected chi connectivity index (χ4v) is 8.80. The van der Waals surface area contributed by atoms with Crippen molar-refractivity contribution in [3.05, 3.63) is 112 Å². The van der Waals surface area contributed by atoms with E-state index in [2.05, 4.69) is 56.9 Å². The van der Waals surface area contributed by atoms with E-state index in [4.69, 9.17) is 21.1 Å². The highest BCUT2D eigenvalue weighted by atomic mass is 35.5. The number of amides is 1. The molecule has 14 nitrogen and oxygen atoms in total. The number of carbonyl (C=O) groups excluding carboxylic acids is 1. The van der Waals surface area contributed by atoms with Crippen LogP contribution in [-0.4, -0.2) is 76.2 Å². The number of allylic oxidation sites excluding steroid dienone is 1. The van der Waals surface area contributed by atoms with Gasteiger partial charge in [-0.15, -0.1) is 0 Å². The summed E-state index contributed by atoms with van der Waals surface area (Å²) in [6, 6.07) is 22.0. The Labute approximate surface area is 355 Å². The van der Waals surface area contributed by atoms with E-state index in [1.54, 1.807) is 30.5 Å². The second-order valence-corrected chi connectivity index (χ2v) is 18.5. The summed E-state index contributed by atoms with van der Waals surface area (Å²) in [6.07, 6.45) is 6.39. The largest absolute Gasteiger partial charge is 0.593 e. The molecule has 1 aliphatic heterocycles. The summed E-state index contributed by atoms with van der Waals surface area (Å²) in [4.78, 5) is 11.6. The average Bonchev–Trinajstić information content (AvgIpc) is 3.71. The highest BCUT2D eigenvalue weighted by Gasteiger charge is 2.29. The van der Waals surface area contributed by atoms with Crippen LogP contribution in [0.2, 0.25) is 5.02 Å². The number of hydroxylamine groups is 2. The lowest BCUT2D eigenvalue weighted by Gasteiger charge is -2.34. The lowest BCUT2D eigenvalue weighted by atomic mass is 9.72. The zero-order valence-corrected chi connectivity index (χ0v) is 35.6. The predicted molar refractivity (Wildman–Crippen MR) is 236 cm³/mol. The molecule has 6 N–H and O–H groups in total. The van der Waals surface area contributed by atoms with E-state index in [0.717, 1.165) is 51.8 Å². The number of hydrogen-bond donors (Lipinski definition) is 6. The number of nitrogens with one attached hydrogen (secondary N) is 5. The molecule has 1 atom stereocenters. The fourth-order valence-electron chi connectivity index (χ4n) is 7.68. The molecule has 0 radical (unpaired) electrons. The van der Waals surface area contributed by atoms with Gasteiger partial charge in [0.1, 0.15) is 18.5 Å². The number of H-pyrrole nitrogens is 1. The SMILES string of the molecule is CC1(C)CCC(CNCCNc2ccc(C(=O)NS(=O)(=O)c3ccc(NCC4CCOCC4)c([N+](C)([O-])O)c3)c(Oc3cccc4[nH]ncc34)c2)=C(c2ccc(Cl)cc2)C1. The molecule has 4 aromatic carbocycles. The third-order valence-corrected chi connectivity index (χ3v) is 12.7. The summed E-state index contributed by atoms with van der Waals surface area (Å²) in [5, 5.41) is 41.8. The maximum Gasteiger partial charge on any atom is 0.268 e. The number of fused-ring (bicyclic) bond motifs is 1. The number of benzene rings is 4. The number of nitrogens with zero attached hydrogens (tertiary/aromatic N) is 2. The van der Waals surface area contributed by atoms with Crippen molar-refractivity contribution in [2.75, 3.05) is 57.1 Å². The number of sulfonamides is 1. The van der Waals surface area contributed by atoms with Crippen molar-refractivity contribution in [1.29, 1.82) is 0 Å². The number of quaternary nitrogens is 1. The van der Waals surface area contributed by atoms with E-state index >= 15 is 0 Å². The minimum absolute atomic E-state index is 0.0498. The lowest BCUT2D eigenvalue weighted by Crippen LogP contribution is -2.35. The Hall–Kier alpha value is -5.00. The van der Waals surface area contributed by atoms with Gasteiger partial charge in [0.2, 0.25) is 0 Å². The van der Waals surface area contributed by atoms with Gasteiger partial charge in [-0.1, -0.05) is 49.2 Å². The monoisotopic (exact) mass is 857 g/mol. The van der Waals surface area contributed by atoms with Crippen LogP contribution in [-0.2, 0) is 14.8 Å². The first-order chi connectivity index (χ1) is 28.6. The van der Waals surface area contributed by atoms with Crippen LogP contribution in [0.5, 0.6) is 11.5 Å². The molecule has 0 bridgehead atoms. The molecule has 2 aliphatic rings. The number of anilines is 2. The highest BCUT2D eigenvalue weighted by Crippen LogP contribution is 2.43. The van der Waals surface area contributed by atoms with E-state index in [9.17, 15) is 23.6 Å². The molecule has 60 heavy (non-hydrogen) atoms. The smallest absolute Gasteiger partial charge is 0.268 e. The van der Waals surface area contributed by atoms with E-state index in [1.807, 2.05) is 18.2 Å². The second kappa shape index (κ2) is 18.3. The number of aromatic amines is 1. The number of ether oxygens (including phenoxy) is 2. The van der Waals surface area contributed by atoms with Gasteiger partial charge in [0.25, 0.3) is 15.9 Å². The molecular formula is C44H52ClN7O7S. The first-order valence-corrected chi connectivity index (χ1v) is 22.0. The Bertz CT molecular complexity index is 2460. The number of halogens is 1. The topological polar surface area (TPSA) is 190 Å². The molecule has 1 saturated heterocycles. The third kappa shape index (κ3) is 10.7. The van der Waals surface area contributed by atoms with Crippen molar-refractivity contribution < 1.29 is 27.9 Å². The molecule has 5 aromatic rings. The number of rotatable bonds is 16. The van der Waals surface area contributed by atoms with E-state index in [1.165, 1.54) is 34.9 Å². The molecule has 318 valence electrons. The van der Waals surface area contributed by atoms with Crippen LogP contribution in [0.1, 0.15) is 61.9 Å². The van der Waals surface area contributed by atoms with E-state index in [0.29, 0.717) is 66.1 Å². The van der Waals surface area contributed by atoms with Crippen LogP contribution in [0.15, 0.2) is 95.5 Å². The zero-order valence-electron chi connectivity index (χ0n) is 34.0. The standard InChI is InChI=1S/C44H52ClN7O7S/c1-44(2)18-15-31(36(25-44)30-7-9-32(45)10-8-30)27-46-19-20-47-33-11-13-35(42(23-33)59-41-6-4-5-38-37(41)28-49-50-38)43(53)51-60(56,57)34-12-14-39(40(24-34)52(3,54)55)48-26-29-16-21-58-22-17-29/h4-14,23-24,28-29,46-48,54H,15-22,25-27H2,1-3H3,(H,49,50)(H,51,53). The molecule has 1 aliphatic carbocycles. The molecule has 0 spiro atoms. The quantitative estimate of drug-likeness (QED) is 0.0317. The van der Waals surface area contributed by atoms with Gasteiger partial charge >= 0.3 is 0 Å². The van der Waals surface area contributed by atoms with Crippen molar-refractivity contribution in [1.82, 2.24) is 25.0 Å². The first kappa shape index (κ1) is 43.1. The predicted octanol–water partition coefficient (Wildman–Crippen LogP) is 8.46. The number of aromatic nitrogens is 2. The van der Waals surface area contributed by atoms with Gasteiger partial charge in [-0.05, 0) is 103 Å². The van der Waals surface area contributed by atoms with Gasteiger partial charge in [0.05, 0.1) is 33.2 Å². The normalized spacial score (nSPS) is 17.0. The van der Waals surface area contributed by atoms with Gasteiger partial charge in [-0.25, -0.2) is 18.3 Å². The Morgan fingerprint density at radius 3 is 2.58 bits per heavy atom. The molecule has 7 rings (SSSR count). The third-order valence-electron chi connectivity index (χ3n) is 11.1. The van der Waals surface area contributed by atoms with Crippen LogP contribution < -0.4 is 30.2 Å². The summed E-state index contributed by atoms with van der Waals surface area (Å²) in [5.41, 5.74) is 5.54. The lowest BCUT2D eigenvalue weighted by molar-refractivity contribution is -0.00403. The summed E-state index contributed by atoms with van der Waals surface area (Å²) < 4.78 is 41.3. The van der Waals surface area contributed by atoms with Gasteiger partial charge in [0.15, 0.2) is 5.69 Å². The average molecular weight is 858 g/mol. The maximum absolute atomic E-state index is 13.9. The number of carbonyl (C=O) groups is 1. The van der Waals surface area contributed by atoms with Gasteiger partial charge in [-0.3, -0.25) is 9.89 Å². The molecular weight excluding hydrogens is 806 g/mol. The summed E-state index contributed by atoms with van der Waals surface area (Å²) >= 11 is 6.19. The van der Waals surface area contributed by atoms with Crippen molar-refractivity contribution in [3.8, 4) is 11.5 Å². The molecule has 1 unspecified atom stereocenters. The van der Waals surface area contributed by atoms with Gasteiger partial charge in [-0.2, -0.15) is 9.91 Å². The number of hydrogen-bond acceptors (Lipinski definition) is 11. The van der Waals surface area contributed by atoms with Crippen molar-refractivity contribution in [2.45, 2.75) is 50.8 Å². The van der Waals surface area contributed by atoms with E-state index < -0.39 is 20.7 Å². The second-order valence-electron chi connectivity index (χ2n) is 16.4. The molecule has 1 amide bonds. The molecule has 16 heteroatoms. The summed E-state index contributed by atoms with van der Waals surface area (Å²) in [7, 11) is -3.56. The molecule has 1 fully saturated rings. The first-order valence-electron chi connectivity index (χ1n) is 20.1. The van der Waals surface area contributed by atoms with Crippen LogP contribution in [0, 0.1) is 16.5 Å². The fraction of sp³-hybridized carbons (Fsp3) is 0.364. The van der Waals surface area contributed by atoms with Crippen molar-refractivity contribution in [3.63, 3.8) is 0 Å². The van der Waals surface area contributed by atoms with Crippen LogP contribution in [0.4, 0.5) is 17.1 Å². The Morgan fingerprint density at radius 1 is 1.03 bits per heavy atom. The molecule has 0 saturated carbocycles. The van der Waals surface area contributed by atoms with Gasteiger partial charge in [0, 0.05) is 62.2 Å². The van der Waals surface area contributed by atoms with Gasteiger partial charge < -0.3 is 30.6 Å². The van der Waals surface area contributed by atoms with E-state index in [-0.39, 0.29) is 33.0 Å². The minimum Gasteiger partial charge on any atom is -0.593 e. The van der Waals surface area contributed by atoms with Crippen molar-refractivity contribution in [2.24, 2.45) is 11.3 Å².